The molecule has 1 aromatic carbocycles. The molecular formula is C14H17F3N4. The first-order chi connectivity index (χ1) is 9.95. The molecule has 0 aliphatic heterocycles. The van der Waals surface area contributed by atoms with Gasteiger partial charge in [0.25, 0.3) is 0 Å². The van der Waals surface area contributed by atoms with Crippen molar-refractivity contribution in [2.45, 2.75) is 33.2 Å². The highest BCUT2D eigenvalue weighted by Crippen LogP contribution is 2.22. The lowest BCUT2D eigenvalue weighted by molar-refractivity contribution is 0.486. The standard InChI is InChI=1S/C14H17F3N4/c1-4-5-18-8(2)14-9(3)21(20-19-14)12-7-10(15)6-11(16)13(12)17/h6-8,18H,4-5H2,1-3H3. The second-order valence-electron chi connectivity index (χ2n) is 4.87. The van der Waals surface area contributed by atoms with Gasteiger partial charge in [0.1, 0.15) is 17.2 Å². The van der Waals surface area contributed by atoms with Gasteiger partial charge in [0, 0.05) is 12.1 Å². The van der Waals surface area contributed by atoms with Gasteiger partial charge in [-0.1, -0.05) is 12.1 Å². The lowest BCUT2D eigenvalue weighted by atomic mass is 10.2. The maximum absolute atomic E-state index is 13.8. The fourth-order valence-electron chi connectivity index (χ4n) is 2.12. The van der Waals surface area contributed by atoms with Crippen molar-refractivity contribution in [2.24, 2.45) is 0 Å². The van der Waals surface area contributed by atoms with Crippen LogP contribution in [0.5, 0.6) is 0 Å². The van der Waals surface area contributed by atoms with E-state index in [4.69, 9.17) is 0 Å². The minimum absolute atomic E-state index is 0.0832. The number of aromatic nitrogens is 3. The van der Waals surface area contributed by atoms with E-state index in [-0.39, 0.29) is 11.7 Å². The fraction of sp³-hybridized carbons (Fsp3) is 0.429. The molecule has 0 radical (unpaired) electrons. The number of hydrogen-bond acceptors (Lipinski definition) is 3. The van der Waals surface area contributed by atoms with Gasteiger partial charge in [-0.3, -0.25) is 0 Å². The Morgan fingerprint density at radius 2 is 2.00 bits per heavy atom. The Bertz CT molecular complexity index is 639. The van der Waals surface area contributed by atoms with Gasteiger partial charge in [-0.05, 0) is 26.8 Å². The third-order valence-electron chi connectivity index (χ3n) is 3.24. The van der Waals surface area contributed by atoms with Crippen LogP contribution < -0.4 is 5.32 Å². The summed E-state index contributed by atoms with van der Waals surface area (Å²) in [6, 6.07) is 1.31. The summed E-state index contributed by atoms with van der Waals surface area (Å²) in [7, 11) is 0. The topological polar surface area (TPSA) is 42.7 Å². The zero-order valence-electron chi connectivity index (χ0n) is 12.1. The number of nitrogens with one attached hydrogen (secondary N) is 1. The molecule has 114 valence electrons. The monoisotopic (exact) mass is 298 g/mol. The first kappa shape index (κ1) is 15.5. The van der Waals surface area contributed by atoms with Crippen LogP contribution in [0.15, 0.2) is 12.1 Å². The molecule has 1 atom stereocenters. The summed E-state index contributed by atoms with van der Waals surface area (Å²) >= 11 is 0. The second-order valence-corrected chi connectivity index (χ2v) is 4.87. The normalized spacial score (nSPS) is 12.7. The molecular weight excluding hydrogens is 281 g/mol. The third kappa shape index (κ3) is 3.07. The SMILES string of the molecule is CCCNC(C)c1nnn(-c2cc(F)cc(F)c2F)c1C. The van der Waals surface area contributed by atoms with Gasteiger partial charge in [0.15, 0.2) is 11.6 Å². The summed E-state index contributed by atoms with van der Waals surface area (Å²) in [5.74, 6) is -3.26. The van der Waals surface area contributed by atoms with Crippen molar-refractivity contribution in [3.8, 4) is 5.69 Å². The molecule has 1 aromatic heterocycles. The average Bonchev–Trinajstić information content (AvgIpc) is 2.82. The summed E-state index contributed by atoms with van der Waals surface area (Å²) in [5.41, 5.74) is 0.869. The van der Waals surface area contributed by atoms with Crippen molar-refractivity contribution in [1.82, 2.24) is 20.3 Å². The van der Waals surface area contributed by atoms with Crippen LogP contribution in [0.4, 0.5) is 13.2 Å². The van der Waals surface area contributed by atoms with Crippen molar-refractivity contribution >= 4 is 0 Å². The van der Waals surface area contributed by atoms with Gasteiger partial charge in [0.05, 0.1) is 11.7 Å². The Morgan fingerprint density at radius 1 is 1.29 bits per heavy atom. The Kier molecular flexibility index (Phi) is 4.62. The van der Waals surface area contributed by atoms with E-state index in [0.29, 0.717) is 17.5 Å². The van der Waals surface area contributed by atoms with E-state index in [1.807, 2.05) is 13.8 Å². The van der Waals surface area contributed by atoms with E-state index < -0.39 is 17.5 Å². The van der Waals surface area contributed by atoms with Crippen LogP contribution >= 0.6 is 0 Å². The van der Waals surface area contributed by atoms with Gasteiger partial charge in [-0.2, -0.15) is 0 Å². The van der Waals surface area contributed by atoms with Crippen LogP contribution in [0.25, 0.3) is 5.69 Å². The predicted molar refractivity (Wildman–Crippen MR) is 72.7 cm³/mol. The Morgan fingerprint density at radius 3 is 2.67 bits per heavy atom. The van der Waals surface area contributed by atoms with Gasteiger partial charge in [0.2, 0.25) is 0 Å². The van der Waals surface area contributed by atoms with E-state index in [1.54, 1.807) is 6.92 Å². The van der Waals surface area contributed by atoms with Crippen LogP contribution in [-0.4, -0.2) is 21.5 Å². The molecule has 0 spiro atoms. The molecule has 7 heteroatoms. The fourth-order valence-corrected chi connectivity index (χ4v) is 2.12. The van der Waals surface area contributed by atoms with Gasteiger partial charge < -0.3 is 5.32 Å². The zero-order valence-corrected chi connectivity index (χ0v) is 12.1. The summed E-state index contributed by atoms with van der Waals surface area (Å²) in [6.07, 6.45) is 0.960. The Balaban J connectivity index is 2.41. The highest BCUT2D eigenvalue weighted by Gasteiger charge is 2.20. The van der Waals surface area contributed by atoms with Crippen LogP contribution in [0, 0.1) is 24.4 Å². The molecule has 1 N–H and O–H groups in total. The molecule has 1 heterocycles. The van der Waals surface area contributed by atoms with Gasteiger partial charge in [-0.15, -0.1) is 5.10 Å². The quantitative estimate of drug-likeness (QED) is 0.863. The number of halogens is 3. The summed E-state index contributed by atoms with van der Waals surface area (Å²) in [6.45, 7) is 6.42. The minimum Gasteiger partial charge on any atom is -0.309 e. The van der Waals surface area contributed by atoms with Crippen molar-refractivity contribution in [3.63, 3.8) is 0 Å². The molecule has 0 amide bonds. The van der Waals surface area contributed by atoms with Crippen LogP contribution in [0.1, 0.15) is 37.7 Å². The van der Waals surface area contributed by atoms with E-state index >= 15 is 0 Å². The smallest absolute Gasteiger partial charge is 0.184 e. The Hall–Kier alpha value is -1.89. The lowest BCUT2D eigenvalue weighted by Gasteiger charge is -2.11. The van der Waals surface area contributed by atoms with Crippen molar-refractivity contribution in [1.29, 1.82) is 0 Å². The van der Waals surface area contributed by atoms with E-state index in [1.165, 1.54) is 0 Å². The highest BCUT2D eigenvalue weighted by atomic mass is 19.2. The van der Waals surface area contributed by atoms with E-state index in [9.17, 15) is 13.2 Å². The van der Waals surface area contributed by atoms with Gasteiger partial charge in [-0.25, -0.2) is 17.9 Å². The molecule has 0 saturated carbocycles. The molecule has 0 bridgehead atoms. The molecule has 2 aromatic rings. The zero-order chi connectivity index (χ0) is 15.6. The van der Waals surface area contributed by atoms with E-state index in [2.05, 4.69) is 15.6 Å². The molecule has 0 aliphatic carbocycles. The number of hydrogen-bond donors (Lipinski definition) is 1. The summed E-state index contributed by atoms with van der Waals surface area (Å²) in [4.78, 5) is 0. The number of rotatable bonds is 5. The predicted octanol–water partition coefficient (Wildman–Crippen LogP) is 3.05. The maximum atomic E-state index is 13.8. The second kappa shape index (κ2) is 6.26. The van der Waals surface area contributed by atoms with Crippen molar-refractivity contribution in [3.05, 3.63) is 41.0 Å². The molecule has 0 fully saturated rings. The molecule has 0 aliphatic rings. The van der Waals surface area contributed by atoms with Crippen molar-refractivity contribution in [2.75, 3.05) is 6.54 Å². The van der Waals surface area contributed by atoms with E-state index in [0.717, 1.165) is 23.7 Å². The van der Waals surface area contributed by atoms with Crippen LogP contribution in [-0.2, 0) is 0 Å². The largest absolute Gasteiger partial charge is 0.309 e. The van der Waals surface area contributed by atoms with Crippen LogP contribution in [0.3, 0.4) is 0 Å². The third-order valence-corrected chi connectivity index (χ3v) is 3.24. The molecule has 4 nitrogen and oxygen atoms in total. The number of benzene rings is 1. The molecule has 2 rings (SSSR count). The first-order valence-corrected chi connectivity index (χ1v) is 6.76. The average molecular weight is 298 g/mol. The number of nitrogens with zero attached hydrogens (tertiary/aromatic N) is 3. The lowest BCUT2D eigenvalue weighted by Crippen LogP contribution is -2.20. The molecule has 1 unspecified atom stereocenters. The molecule has 21 heavy (non-hydrogen) atoms. The Labute approximate surface area is 121 Å². The van der Waals surface area contributed by atoms with Gasteiger partial charge >= 0.3 is 0 Å². The van der Waals surface area contributed by atoms with Crippen LogP contribution in [0.2, 0.25) is 0 Å². The van der Waals surface area contributed by atoms with Crippen molar-refractivity contribution < 1.29 is 13.2 Å². The summed E-state index contributed by atoms with van der Waals surface area (Å²) < 4.78 is 41.5. The summed E-state index contributed by atoms with van der Waals surface area (Å²) in [5, 5.41) is 11.0. The maximum Gasteiger partial charge on any atom is 0.184 e. The highest BCUT2D eigenvalue weighted by molar-refractivity contribution is 5.36. The first-order valence-electron chi connectivity index (χ1n) is 6.76. The minimum atomic E-state index is -1.25. The molecule has 0 saturated heterocycles.